The first-order valence-corrected chi connectivity index (χ1v) is 13.1. The number of carbonyl (C=O) groups is 2. The van der Waals surface area contributed by atoms with Crippen molar-refractivity contribution in [3.8, 4) is 5.75 Å². The number of hydrogen-bond donors (Lipinski definition) is 1. The van der Waals surface area contributed by atoms with Gasteiger partial charge in [-0.25, -0.2) is 8.42 Å². The second kappa shape index (κ2) is 11.5. The largest absolute Gasteiger partial charge is 0.484 e. The number of carbonyl (C=O) groups excluding carboxylic acids is 2. The van der Waals surface area contributed by atoms with Gasteiger partial charge in [0.1, 0.15) is 5.75 Å². The number of anilines is 2. The van der Waals surface area contributed by atoms with Crippen molar-refractivity contribution >= 4 is 33.1 Å². The molecule has 0 radical (unpaired) electrons. The molecule has 9 heteroatoms. The molecule has 2 aromatic carbocycles. The van der Waals surface area contributed by atoms with Gasteiger partial charge in [0.2, 0.25) is 10.0 Å². The van der Waals surface area contributed by atoms with E-state index < -0.39 is 15.9 Å². The van der Waals surface area contributed by atoms with E-state index in [9.17, 15) is 18.0 Å². The Hall–Kier alpha value is -2.91. The van der Waals surface area contributed by atoms with Crippen molar-refractivity contribution in [3.05, 3.63) is 48.0 Å². The SMILES string of the molecule is CCN(CC)S(=O)(=O)c1ccc(N2CCCCC2)c(NC(=O)COc2cccc(C(C)=O)c2)c1. The average Bonchev–Trinajstić information content (AvgIpc) is 2.84. The molecule has 8 nitrogen and oxygen atoms in total. The molecular formula is C25H33N3O5S. The van der Waals surface area contributed by atoms with Crippen LogP contribution in [0.4, 0.5) is 11.4 Å². The Morgan fingerprint density at radius 3 is 2.38 bits per heavy atom. The van der Waals surface area contributed by atoms with Crippen LogP contribution in [0.1, 0.15) is 50.4 Å². The summed E-state index contributed by atoms with van der Waals surface area (Å²) in [6.45, 7) is 7.21. The lowest BCUT2D eigenvalue weighted by molar-refractivity contribution is -0.118. The van der Waals surface area contributed by atoms with Crippen LogP contribution in [0.3, 0.4) is 0 Å². The molecule has 1 aliphatic rings. The molecule has 1 amide bonds. The van der Waals surface area contributed by atoms with Gasteiger partial charge in [-0.05, 0) is 56.5 Å². The first-order valence-electron chi connectivity index (χ1n) is 11.7. The van der Waals surface area contributed by atoms with Gasteiger partial charge >= 0.3 is 0 Å². The van der Waals surface area contributed by atoms with Gasteiger partial charge in [-0.3, -0.25) is 9.59 Å². The minimum Gasteiger partial charge on any atom is -0.484 e. The molecular weight excluding hydrogens is 454 g/mol. The van der Waals surface area contributed by atoms with Gasteiger partial charge < -0.3 is 15.0 Å². The van der Waals surface area contributed by atoms with Crippen LogP contribution in [0.15, 0.2) is 47.4 Å². The Balaban J connectivity index is 1.84. The maximum absolute atomic E-state index is 13.1. The van der Waals surface area contributed by atoms with Gasteiger partial charge in [0, 0.05) is 31.7 Å². The molecule has 0 aliphatic carbocycles. The van der Waals surface area contributed by atoms with Crippen LogP contribution in [-0.4, -0.2) is 57.2 Å². The minimum atomic E-state index is -3.67. The number of amides is 1. The molecule has 0 saturated carbocycles. The molecule has 0 unspecified atom stereocenters. The Kier molecular flexibility index (Phi) is 8.68. The van der Waals surface area contributed by atoms with Crippen LogP contribution in [0.25, 0.3) is 0 Å². The Labute approximate surface area is 201 Å². The Morgan fingerprint density at radius 2 is 1.74 bits per heavy atom. The number of sulfonamides is 1. The van der Waals surface area contributed by atoms with Crippen LogP contribution >= 0.6 is 0 Å². The lowest BCUT2D eigenvalue weighted by Gasteiger charge is -2.31. The normalized spacial score (nSPS) is 14.2. The van der Waals surface area contributed by atoms with E-state index in [0.717, 1.165) is 38.0 Å². The molecule has 184 valence electrons. The highest BCUT2D eigenvalue weighted by Crippen LogP contribution is 2.32. The Morgan fingerprint density at radius 1 is 1.03 bits per heavy atom. The number of nitrogens with one attached hydrogen (secondary N) is 1. The highest BCUT2D eigenvalue weighted by molar-refractivity contribution is 7.89. The number of nitrogens with zero attached hydrogens (tertiary/aromatic N) is 2. The summed E-state index contributed by atoms with van der Waals surface area (Å²) in [4.78, 5) is 26.7. The molecule has 34 heavy (non-hydrogen) atoms. The van der Waals surface area contributed by atoms with Crippen LogP contribution in [-0.2, 0) is 14.8 Å². The summed E-state index contributed by atoms with van der Waals surface area (Å²) in [7, 11) is -3.67. The summed E-state index contributed by atoms with van der Waals surface area (Å²) < 4.78 is 33.1. The number of rotatable bonds is 10. The summed E-state index contributed by atoms with van der Waals surface area (Å²) >= 11 is 0. The first kappa shape index (κ1) is 25.7. The number of benzene rings is 2. The van der Waals surface area contributed by atoms with Crippen molar-refractivity contribution in [1.29, 1.82) is 0 Å². The summed E-state index contributed by atoms with van der Waals surface area (Å²) in [5, 5.41) is 2.85. The van der Waals surface area contributed by atoms with E-state index in [1.54, 1.807) is 50.2 Å². The second-order valence-electron chi connectivity index (χ2n) is 8.24. The lowest BCUT2D eigenvalue weighted by atomic mass is 10.1. The zero-order valence-corrected chi connectivity index (χ0v) is 20.9. The van der Waals surface area contributed by atoms with Gasteiger partial charge in [0.05, 0.1) is 16.3 Å². The standard InChI is InChI=1S/C25H33N3O5S/c1-4-28(5-2)34(31,32)22-12-13-24(27-14-7-6-8-15-27)23(17-22)26-25(30)18-33-21-11-9-10-20(16-21)19(3)29/h9-13,16-17H,4-8,14-15,18H2,1-3H3,(H,26,30). The van der Waals surface area contributed by atoms with Gasteiger partial charge in [-0.15, -0.1) is 0 Å². The maximum Gasteiger partial charge on any atom is 0.262 e. The molecule has 0 atom stereocenters. The molecule has 2 aromatic rings. The topological polar surface area (TPSA) is 96.0 Å². The van der Waals surface area contributed by atoms with Crippen molar-refractivity contribution < 1.29 is 22.7 Å². The maximum atomic E-state index is 13.1. The molecule has 1 heterocycles. The van der Waals surface area contributed by atoms with E-state index in [1.807, 2.05) is 0 Å². The molecule has 1 N–H and O–H groups in total. The zero-order chi connectivity index (χ0) is 24.7. The van der Waals surface area contributed by atoms with Gasteiger partial charge in [0.25, 0.3) is 5.91 Å². The van der Waals surface area contributed by atoms with Gasteiger partial charge in [-0.1, -0.05) is 26.0 Å². The highest BCUT2D eigenvalue weighted by atomic mass is 32.2. The summed E-state index contributed by atoms with van der Waals surface area (Å²) in [5.41, 5.74) is 1.74. The van der Waals surface area contributed by atoms with Crippen LogP contribution in [0, 0.1) is 0 Å². The average molecular weight is 488 g/mol. The number of piperidine rings is 1. The number of ketones is 1. The predicted octanol–water partition coefficient (Wildman–Crippen LogP) is 3.93. The predicted molar refractivity (Wildman–Crippen MR) is 133 cm³/mol. The second-order valence-corrected chi connectivity index (χ2v) is 10.2. The number of ether oxygens (including phenoxy) is 1. The van der Waals surface area contributed by atoms with Crippen LogP contribution in [0.2, 0.25) is 0 Å². The molecule has 3 rings (SSSR count). The zero-order valence-electron chi connectivity index (χ0n) is 20.0. The Bertz CT molecular complexity index is 1120. The van der Waals surface area contributed by atoms with Gasteiger partial charge in [-0.2, -0.15) is 4.31 Å². The van der Waals surface area contributed by atoms with E-state index in [4.69, 9.17) is 4.74 Å². The van der Waals surface area contributed by atoms with E-state index in [-0.39, 0.29) is 17.3 Å². The minimum absolute atomic E-state index is 0.0905. The fourth-order valence-corrected chi connectivity index (χ4v) is 5.52. The van der Waals surface area contributed by atoms with E-state index in [2.05, 4.69) is 10.2 Å². The molecule has 0 spiro atoms. The van der Waals surface area contributed by atoms with Crippen LogP contribution in [0.5, 0.6) is 5.75 Å². The van der Waals surface area contributed by atoms with E-state index >= 15 is 0 Å². The molecule has 1 aliphatic heterocycles. The third-order valence-electron chi connectivity index (χ3n) is 5.89. The fraction of sp³-hybridized carbons (Fsp3) is 0.440. The van der Waals surface area contributed by atoms with Gasteiger partial charge in [0.15, 0.2) is 12.4 Å². The van der Waals surface area contributed by atoms with Crippen molar-refractivity contribution in [2.45, 2.75) is 44.9 Å². The summed E-state index contributed by atoms with van der Waals surface area (Å²) in [6.07, 6.45) is 3.24. The van der Waals surface area contributed by atoms with Crippen molar-refractivity contribution in [1.82, 2.24) is 4.31 Å². The summed E-state index contributed by atoms with van der Waals surface area (Å²) in [5.74, 6) is -0.0897. The van der Waals surface area contributed by atoms with Crippen molar-refractivity contribution in [2.24, 2.45) is 0 Å². The molecule has 0 bridgehead atoms. The molecule has 1 saturated heterocycles. The van der Waals surface area contributed by atoms with Crippen molar-refractivity contribution in [2.75, 3.05) is 43.0 Å². The summed E-state index contributed by atoms with van der Waals surface area (Å²) in [6, 6.07) is 11.6. The van der Waals surface area contributed by atoms with E-state index in [0.29, 0.717) is 30.1 Å². The number of hydrogen-bond acceptors (Lipinski definition) is 6. The lowest BCUT2D eigenvalue weighted by Crippen LogP contribution is -2.32. The monoisotopic (exact) mass is 487 g/mol. The third kappa shape index (κ3) is 6.15. The fourth-order valence-electron chi connectivity index (χ4n) is 4.04. The molecule has 0 aromatic heterocycles. The number of Topliss-reactive ketones (excluding diaryl/α,β-unsaturated/α-hetero) is 1. The highest BCUT2D eigenvalue weighted by Gasteiger charge is 2.24. The quantitative estimate of drug-likeness (QED) is 0.510. The third-order valence-corrected chi connectivity index (χ3v) is 7.94. The van der Waals surface area contributed by atoms with Crippen molar-refractivity contribution in [3.63, 3.8) is 0 Å². The smallest absolute Gasteiger partial charge is 0.262 e. The van der Waals surface area contributed by atoms with Crippen LogP contribution < -0.4 is 15.0 Å². The molecule has 1 fully saturated rings. The first-order chi connectivity index (χ1) is 16.3. The van der Waals surface area contributed by atoms with E-state index in [1.165, 1.54) is 17.3 Å².